The van der Waals surface area contributed by atoms with Gasteiger partial charge in [-0.2, -0.15) is 0 Å². The molecule has 1 nitrogen and oxygen atoms in total. The standard InChI is InChI=1S/C14H17O.Zr/c15-11-5-10-14(12-6-1-2-7-12)13-8-3-4-9-13;/h1-4,6,8,14H,5,7,9-11H2;/q-1;+1. The molecule has 0 spiro atoms. The topological polar surface area (TPSA) is 9.23 Å². The summed E-state index contributed by atoms with van der Waals surface area (Å²) in [5, 5.41) is 0. The van der Waals surface area contributed by atoms with E-state index in [0.717, 1.165) is 19.4 Å². The second kappa shape index (κ2) is 6.52. The minimum atomic E-state index is 0.649. The molecule has 0 aromatic carbocycles. The van der Waals surface area contributed by atoms with Crippen LogP contribution in [0.4, 0.5) is 0 Å². The zero-order valence-electron chi connectivity index (χ0n) is 9.49. The van der Waals surface area contributed by atoms with Crippen molar-refractivity contribution in [3.8, 4) is 0 Å². The van der Waals surface area contributed by atoms with Gasteiger partial charge in [0, 0.05) is 0 Å². The number of hydrogen-bond acceptors (Lipinski definition) is 1. The molecule has 2 heteroatoms. The molecule has 0 atom stereocenters. The first-order valence-corrected chi connectivity index (χ1v) is 6.92. The summed E-state index contributed by atoms with van der Waals surface area (Å²) < 4.78 is 5.24. The molecular weight excluding hydrogens is 275 g/mol. The van der Waals surface area contributed by atoms with E-state index in [1.165, 1.54) is 38.0 Å². The van der Waals surface area contributed by atoms with Crippen LogP contribution in [0.15, 0.2) is 47.6 Å². The van der Waals surface area contributed by atoms with Crippen molar-refractivity contribution in [3.63, 3.8) is 0 Å². The Balaban J connectivity index is 1.96. The fourth-order valence-corrected chi connectivity index (χ4v) is 2.77. The van der Waals surface area contributed by atoms with Gasteiger partial charge in [0.05, 0.1) is 0 Å². The van der Waals surface area contributed by atoms with E-state index >= 15 is 0 Å². The van der Waals surface area contributed by atoms with E-state index in [1.807, 2.05) is 0 Å². The third-order valence-corrected chi connectivity index (χ3v) is 3.74. The molecule has 0 saturated carbocycles. The van der Waals surface area contributed by atoms with Crippen molar-refractivity contribution >= 4 is 0 Å². The Hall–Kier alpha value is -0.197. The van der Waals surface area contributed by atoms with Crippen LogP contribution in [0.1, 0.15) is 25.7 Å². The summed E-state index contributed by atoms with van der Waals surface area (Å²) in [5.41, 5.74) is 3.16. The third-order valence-electron chi connectivity index (χ3n) is 3.23. The number of rotatable bonds is 6. The molecule has 0 saturated heterocycles. The predicted octanol–water partition coefficient (Wildman–Crippen LogP) is 3.63. The SMILES string of the molecule is [Zr][O]CCCC(C1=CC=CC1)C1=CC=CC1. The zero-order chi connectivity index (χ0) is 11.2. The third kappa shape index (κ3) is 3.15. The predicted molar refractivity (Wildman–Crippen MR) is 62.4 cm³/mol. The average molecular weight is 293 g/mol. The maximum absolute atomic E-state index is 5.24. The zero-order valence-corrected chi connectivity index (χ0v) is 11.9. The normalized spacial score (nSPS) is 18.2. The fourth-order valence-electron chi connectivity index (χ4n) is 2.41. The van der Waals surface area contributed by atoms with Gasteiger partial charge in [-0.25, -0.2) is 0 Å². The summed E-state index contributed by atoms with van der Waals surface area (Å²) >= 11 is 1.19. The molecule has 0 bridgehead atoms. The van der Waals surface area contributed by atoms with E-state index in [4.69, 9.17) is 2.81 Å². The number of allylic oxidation sites excluding steroid dienone is 8. The molecule has 2 aliphatic rings. The van der Waals surface area contributed by atoms with Crippen LogP contribution in [0, 0.1) is 5.92 Å². The maximum atomic E-state index is 5.24. The van der Waals surface area contributed by atoms with Crippen molar-refractivity contribution in [2.24, 2.45) is 5.92 Å². The molecule has 0 radical (unpaired) electrons. The summed E-state index contributed by atoms with van der Waals surface area (Å²) in [7, 11) is 0. The molecule has 0 aliphatic heterocycles. The van der Waals surface area contributed by atoms with Gasteiger partial charge < -0.3 is 0 Å². The molecule has 83 valence electrons. The van der Waals surface area contributed by atoms with Crippen LogP contribution >= 0.6 is 0 Å². The van der Waals surface area contributed by atoms with Crippen LogP contribution in [0.25, 0.3) is 0 Å². The monoisotopic (exact) mass is 291 g/mol. The Kier molecular flexibility index (Phi) is 5.00. The minimum absolute atomic E-state index is 0.649. The van der Waals surface area contributed by atoms with Crippen LogP contribution < -0.4 is 0 Å². The van der Waals surface area contributed by atoms with Crippen molar-refractivity contribution in [1.29, 1.82) is 0 Å². The van der Waals surface area contributed by atoms with Crippen LogP contribution in [-0.2, 0) is 28.0 Å². The first kappa shape index (κ1) is 12.3. The number of hydrogen-bond donors (Lipinski definition) is 0. The van der Waals surface area contributed by atoms with Crippen molar-refractivity contribution in [2.75, 3.05) is 6.61 Å². The Morgan fingerprint density at radius 2 is 1.75 bits per heavy atom. The van der Waals surface area contributed by atoms with Gasteiger partial charge in [-0.05, 0) is 0 Å². The van der Waals surface area contributed by atoms with Gasteiger partial charge in [0.2, 0.25) is 0 Å². The first-order chi connectivity index (χ1) is 7.92. The van der Waals surface area contributed by atoms with Crippen LogP contribution in [0.5, 0.6) is 0 Å². The molecule has 0 aromatic heterocycles. The molecule has 0 amide bonds. The summed E-state index contributed by atoms with van der Waals surface area (Å²) in [6.45, 7) is 0.913. The molecule has 0 heterocycles. The molecule has 2 aliphatic carbocycles. The van der Waals surface area contributed by atoms with Gasteiger partial charge in [-0.3, -0.25) is 0 Å². The Bertz CT molecular complexity index is 320. The van der Waals surface area contributed by atoms with Gasteiger partial charge in [0.15, 0.2) is 0 Å². The summed E-state index contributed by atoms with van der Waals surface area (Å²) in [5.74, 6) is 0.649. The summed E-state index contributed by atoms with van der Waals surface area (Å²) in [4.78, 5) is 0. The fraction of sp³-hybridized carbons (Fsp3) is 0.429. The average Bonchev–Trinajstić information content (AvgIpc) is 2.97. The van der Waals surface area contributed by atoms with Crippen LogP contribution in [0.3, 0.4) is 0 Å². The quantitative estimate of drug-likeness (QED) is 0.679. The summed E-state index contributed by atoms with van der Waals surface area (Å²) in [6.07, 6.45) is 18.2. The Morgan fingerprint density at radius 1 is 1.12 bits per heavy atom. The molecule has 16 heavy (non-hydrogen) atoms. The van der Waals surface area contributed by atoms with Gasteiger partial charge in [-0.15, -0.1) is 0 Å². The summed E-state index contributed by atoms with van der Waals surface area (Å²) in [6, 6.07) is 0. The van der Waals surface area contributed by atoms with Crippen molar-refractivity contribution < 1.29 is 28.0 Å². The van der Waals surface area contributed by atoms with Crippen LogP contribution in [0.2, 0.25) is 0 Å². The Morgan fingerprint density at radius 3 is 2.19 bits per heavy atom. The van der Waals surface area contributed by atoms with Gasteiger partial charge in [0.1, 0.15) is 0 Å². The van der Waals surface area contributed by atoms with E-state index in [9.17, 15) is 0 Å². The van der Waals surface area contributed by atoms with Gasteiger partial charge in [0.25, 0.3) is 0 Å². The van der Waals surface area contributed by atoms with E-state index < -0.39 is 0 Å². The second-order valence-corrected chi connectivity index (χ2v) is 5.00. The van der Waals surface area contributed by atoms with E-state index in [1.54, 1.807) is 11.1 Å². The molecule has 0 unspecified atom stereocenters. The molecular formula is C14H17OZr. The van der Waals surface area contributed by atoms with Gasteiger partial charge in [-0.1, -0.05) is 0 Å². The van der Waals surface area contributed by atoms with Crippen molar-refractivity contribution in [1.82, 2.24) is 0 Å². The van der Waals surface area contributed by atoms with E-state index in [2.05, 4.69) is 36.5 Å². The van der Waals surface area contributed by atoms with Crippen molar-refractivity contribution in [2.45, 2.75) is 25.7 Å². The molecule has 0 aromatic rings. The molecule has 0 N–H and O–H groups in total. The van der Waals surface area contributed by atoms with Crippen LogP contribution in [-0.4, -0.2) is 6.61 Å². The van der Waals surface area contributed by atoms with E-state index in [0.29, 0.717) is 5.92 Å². The molecule has 0 fully saturated rings. The molecule has 2 rings (SSSR count). The second-order valence-electron chi connectivity index (χ2n) is 4.29. The van der Waals surface area contributed by atoms with Crippen molar-refractivity contribution in [3.05, 3.63) is 47.6 Å². The Labute approximate surface area is 113 Å². The first-order valence-electron chi connectivity index (χ1n) is 5.91. The van der Waals surface area contributed by atoms with E-state index in [-0.39, 0.29) is 0 Å². The van der Waals surface area contributed by atoms with Gasteiger partial charge >= 0.3 is 114 Å².